The van der Waals surface area contributed by atoms with Crippen molar-refractivity contribution in [3.05, 3.63) is 39.7 Å². The van der Waals surface area contributed by atoms with E-state index in [4.69, 9.17) is 4.74 Å². The third-order valence-electron chi connectivity index (χ3n) is 3.72. The number of likely N-dealkylation sites (tertiary alicyclic amines) is 1. The van der Waals surface area contributed by atoms with Crippen molar-refractivity contribution >= 4 is 11.7 Å². The smallest absolute Gasteiger partial charge is 0.323 e. The Morgan fingerprint density at radius 2 is 2.29 bits per heavy atom. The average Bonchev–Trinajstić information content (AvgIpc) is 2.49. The molecule has 1 heterocycles. The van der Waals surface area contributed by atoms with Crippen LogP contribution < -0.4 is 0 Å². The van der Waals surface area contributed by atoms with Crippen molar-refractivity contribution in [3.63, 3.8) is 0 Å². The van der Waals surface area contributed by atoms with Crippen LogP contribution in [0, 0.1) is 15.9 Å². The lowest BCUT2D eigenvalue weighted by Gasteiger charge is -2.33. The largest absolute Gasteiger partial charge is 0.468 e. The van der Waals surface area contributed by atoms with Crippen LogP contribution in [0.1, 0.15) is 24.8 Å². The Bertz CT molecular complexity index is 550. The van der Waals surface area contributed by atoms with Crippen molar-refractivity contribution in [1.29, 1.82) is 0 Å². The number of carbonyl (C=O) groups excluding carboxylic acids is 1. The molecule has 0 N–H and O–H groups in total. The SMILES string of the molecule is COC(=O)C1CCCCN1Cc1cccc([N+](=O)[O-])c1F. The van der Waals surface area contributed by atoms with Crippen LogP contribution in [0.2, 0.25) is 0 Å². The number of halogens is 1. The number of hydrogen-bond donors (Lipinski definition) is 0. The van der Waals surface area contributed by atoms with E-state index in [2.05, 4.69) is 0 Å². The van der Waals surface area contributed by atoms with Crippen LogP contribution >= 0.6 is 0 Å². The molecule has 1 atom stereocenters. The summed E-state index contributed by atoms with van der Waals surface area (Å²) in [7, 11) is 1.32. The Labute approximate surface area is 121 Å². The van der Waals surface area contributed by atoms with Crippen LogP contribution in [0.3, 0.4) is 0 Å². The number of methoxy groups -OCH3 is 1. The van der Waals surface area contributed by atoms with Crippen molar-refractivity contribution in [2.24, 2.45) is 0 Å². The Balaban J connectivity index is 2.21. The summed E-state index contributed by atoms with van der Waals surface area (Å²) >= 11 is 0. The van der Waals surface area contributed by atoms with Crippen LogP contribution in [0.4, 0.5) is 10.1 Å². The summed E-state index contributed by atoms with van der Waals surface area (Å²) in [6.07, 6.45) is 2.47. The van der Waals surface area contributed by atoms with Crippen LogP contribution in [0.5, 0.6) is 0 Å². The Kier molecular flexibility index (Phi) is 4.85. The van der Waals surface area contributed by atoms with Gasteiger partial charge in [-0.05, 0) is 19.4 Å². The van der Waals surface area contributed by atoms with Gasteiger partial charge in [-0.1, -0.05) is 18.6 Å². The van der Waals surface area contributed by atoms with Crippen LogP contribution in [0.15, 0.2) is 18.2 Å². The highest BCUT2D eigenvalue weighted by Crippen LogP contribution is 2.25. The van der Waals surface area contributed by atoms with Gasteiger partial charge >= 0.3 is 11.7 Å². The fourth-order valence-electron chi connectivity index (χ4n) is 2.63. The summed E-state index contributed by atoms with van der Waals surface area (Å²) in [6.45, 7) is 0.801. The van der Waals surface area contributed by atoms with Gasteiger partial charge in [-0.15, -0.1) is 0 Å². The van der Waals surface area contributed by atoms with Crippen LogP contribution in [-0.4, -0.2) is 35.5 Å². The number of esters is 1. The van der Waals surface area contributed by atoms with E-state index in [9.17, 15) is 19.3 Å². The molecule has 1 unspecified atom stereocenters. The highest BCUT2D eigenvalue weighted by molar-refractivity contribution is 5.75. The standard InChI is InChI=1S/C14H17FN2O4/c1-21-14(18)12-6-2-3-8-16(12)9-10-5-4-7-11(13(10)15)17(19)20/h4-5,7,12H,2-3,6,8-9H2,1H3. The van der Waals surface area contributed by atoms with E-state index in [0.29, 0.717) is 13.0 Å². The monoisotopic (exact) mass is 296 g/mol. The van der Waals surface area contributed by atoms with Gasteiger partial charge in [0.05, 0.1) is 12.0 Å². The van der Waals surface area contributed by atoms with E-state index >= 15 is 0 Å². The third kappa shape index (κ3) is 3.36. The number of hydrogen-bond acceptors (Lipinski definition) is 5. The summed E-state index contributed by atoms with van der Waals surface area (Å²) < 4.78 is 18.9. The van der Waals surface area contributed by atoms with Gasteiger partial charge in [0.25, 0.3) is 0 Å². The summed E-state index contributed by atoms with van der Waals surface area (Å²) in [4.78, 5) is 23.6. The first-order valence-corrected chi connectivity index (χ1v) is 6.78. The van der Waals surface area contributed by atoms with Gasteiger partial charge < -0.3 is 4.74 Å². The fraction of sp³-hybridized carbons (Fsp3) is 0.500. The number of carbonyl (C=O) groups is 1. The second-order valence-electron chi connectivity index (χ2n) is 5.01. The van der Waals surface area contributed by atoms with Gasteiger partial charge in [-0.3, -0.25) is 19.8 Å². The quantitative estimate of drug-likeness (QED) is 0.484. The van der Waals surface area contributed by atoms with Crippen LogP contribution in [0.25, 0.3) is 0 Å². The molecule has 1 aromatic carbocycles. The van der Waals surface area contributed by atoms with Gasteiger partial charge in [-0.2, -0.15) is 4.39 Å². The molecule has 21 heavy (non-hydrogen) atoms. The zero-order valence-electron chi connectivity index (χ0n) is 11.8. The second-order valence-corrected chi connectivity index (χ2v) is 5.01. The molecule has 1 fully saturated rings. The Morgan fingerprint density at radius 1 is 1.52 bits per heavy atom. The van der Waals surface area contributed by atoms with Crippen molar-refractivity contribution in [2.45, 2.75) is 31.8 Å². The van der Waals surface area contributed by atoms with Gasteiger partial charge in [0.2, 0.25) is 5.82 Å². The van der Waals surface area contributed by atoms with Crippen molar-refractivity contribution < 1.29 is 18.8 Å². The molecule has 2 rings (SSSR count). The van der Waals surface area contributed by atoms with E-state index in [-0.39, 0.29) is 18.1 Å². The molecule has 0 saturated carbocycles. The highest BCUT2D eigenvalue weighted by Gasteiger charge is 2.30. The minimum Gasteiger partial charge on any atom is -0.468 e. The number of rotatable bonds is 4. The lowest BCUT2D eigenvalue weighted by atomic mass is 10.0. The molecule has 114 valence electrons. The molecule has 1 saturated heterocycles. The highest BCUT2D eigenvalue weighted by atomic mass is 19.1. The molecule has 0 spiro atoms. The Morgan fingerprint density at radius 3 is 2.95 bits per heavy atom. The lowest BCUT2D eigenvalue weighted by molar-refractivity contribution is -0.387. The maximum Gasteiger partial charge on any atom is 0.323 e. The molecular weight excluding hydrogens is 279 g/mol. The van der Waals surface area contributed by atoms with E-state index in [1.54, 1.807) is 0 Å². The third-order valence-corrected chi connectivity index (χ3v) is 3.72. The minimum absolute atomic E-state index is 0.160. The number of ether oxygens (including phenoxy) is 1. The predicted molar refractivity (Wildman–Crippen MR) is 73.1 cm³/mol. The molecule has 0 bridgehead atoms. The van der Waals surface area contributed by atoms with Crippen molar-refractivity contribution in [1.82, 2.24) is 4.90 Å². The van der Waals surface area contributed by atoms with Crippen molar-refractivity contribution in [2.75, 3.05) is 13.7 Å². The molecule has 1 aliphatic rings. The first kappa shape index (κ1) is 15.4. The summed E-state index contributed by atoms with van der Waals surface area (Å²) in [6, 6.07) is 3.67. The maximum atomic E-state index is 14.1. The molecular formula is C14H17FN2O4. The van der Waals surface area contributed by atoms with Gasteiger partial charge in [0, 0.05) is 18.2 Å². The summed E-state index contributed by atoms with van der Waals surface area (Å²) in [5.41, 5.74) is -0.320. The maximum absolute atomic E-state index is 14.1. The average molecular weight is 296 g/mol. The van der Waals surface area contributed by atoms with Crippen molar-refractivity contribution in [3.8, 4) is 0 Å². The number of nitrogens with zero attached hydrogens (tertiary/aromatic N) is 2. The van der Waals surface area contributed by atoms with Crippen LogP contribution in [-0.2, 0) is 16.1 Å². The zero-order chi connectivity index (χ0) is 15.4. The van der Waals surface area contributed by atoms with Gasteiger partial charge in [-0.25, -0.2) is 0 Å². The van der Waals surface area contributed by atoms with E-state index < -0.39 is 22.5 Å². The number of nitro benzene ring substituents is 1. The number of piperidine rings is 1. The molecule has 0 aliphatic carbocycles. The fourth-order valence-corrected chi connectivity index (χ4v) is 2.63. The lowest BCUT2D eigenvalue weighted by Crippen LogP contribution is -2.44. The number of benzene rings is 1. The van der Waals surface area contributed by atoms with E-state index in [1.165, 1.54) is 19.2 Å². The molecule has 0 aromatic heterocycles. The molecule has 0 radical (unpaired) electrons. The topological polar surface area (TPSA) is 72.7 Å². The molecule has 1 aliphatic heterocycles. The summed E-state index contributed by atoms with van der Waals surface area (Å²) in [5.74, 6) is -1.18. The van der Waals surface area contributed by atoms with Gasteiger partial charge in [0.1, 0.15) is 6.04 Å². The van der Waals surface area contributed by atoms with E-state index in [1.807, 2.05) is 4.90 Å². The minimum atomic E-state index is -0.836. The Hall–Kier alpha value is -2.02. The predicted octanol–water partition coefficient (Wildman–Crippen LogP) is 2.26. The molecule has 6 nitrogen and oxygen atoms in total. The number of nitro groups is 1. The van der Waals surface area contributed by atoms with E-state index in [0.717, 1.165) is 18.9 Å². The normalized spacial score (nSPS) is 19.2. The molecule has 7 heteroatoms. The zero-order valence-corrected chi connectivity index (χ0v) is 11.8. The summed E-state index contributed by atoms with van der Waals surface area (Å²) in [5, 5.41) is 10.8. The second kappa shape index (κ2) is 6.62. The molecule has 1 aromatic rings. The first-order valence-electron chi connectivity index (χ1n) is 6.78. The molecule has 0 amide bonds. The van der Waals surface area contributed by atoms with Gasteiger partial charge in [0.15, 0.2) is 0 Å². The first-order chi connectivity index (χ1) is 10.0.